The van der Waals surface area contributed by atoms with E-state index in [1.54, 1.807) is 31.2 Å². The molecule has 0 saturated carbocycles. The molecule has 0 bridgehead atoms. The largest absolute Gasteiger partial charge is 0.441 e. The Kier molecular flexibility index (Phi) is 4.48. The third-order valence-corrected chi connectivity index (χ3v) is 5.05. The zero-order valence-electron chi connectivity index (χ0n) is 13.4. The van der Waals surface area contributed by atoms with Gasteiger partial charge in [0.25, 0.3) is 5.91 Å². The maximum absolute atomic E-state index is 12.2. The van der Waals surface area contributed by atoms with Gasteiger partial charge in [0.1, 0.15) is 5.52 Å². The lowest BCUT2D eigenvalue weighted by Gasteiger charge is -1.99. The Hall–Kier alpha value is -2.28. The van der Waals surface area contributed by atoms with E-state index in [-0.39, 0.29) is 5.91 Å². The van der Waals surface area contributed by atoms with E-state index in [0.717, 1.165) is 11.1 Å². The van der Waals surface area contributed by atoms with Crippen molar-refractivity contribution in [1.29, 1.82) is 0 Å². The fourth-order valence-electron chi connectivity index (χ4n) is 2.46. The summed E-state index contributed by atoms with van der Waals surface area (Å²) in [5, 5.41) is 4.14. The Morgan fingerprint density at radius 3 is 2.88 bits per heavy atom. The van der Waals surface area contributed by atoms with Crippen LogP contribution in [0.25, 0.3) is 17.2 Å². The third-order valence-electron chi connectivity index (χ3n) is 3.60. The number of carbonyl (C=O) groups excluding carboxylic acids is 1. The number of rotatable bonds is 2. The molecule has 1 fully saturated rings. The summed E-state index contributed by atoms with van der Waals surface area (Å²) in [4.78, 5) is 21.4. The van der Waals surface area contributed by atoms with Gasteiger partial charge in [-0.3, -0.25) is 4.79 Å². The van der Waals surface area contributed by atoms with E-state index in [1.807, 2.05) is 18.2 Å². The number of nitrogens with one attached hydrogen (secondary N) is 1. The van der Waals surface area contributed by atoms with Crippen LogP contribution in [-0.2, 0) is 4.79 Å². The average molecular weight is 404 g/mol. The SMILES string of the molecule is Cc1nc2ccc(C=C3SC(=Nc4ccc(Cl)cc4Cl)NC3=O)cc2o1. The molecule has 0 unspecified atom stereocenters. The van der Waals surface area contributed by atoms with E-state index in [9.17, 15) is 4.79 Å². The van der Waals surface area contributed by atoms with Crippen LogP contribution in [0.3, 0.4) is 0 Å². The number of thioether (sulfide) groups is 1. The fourth-order valence-corrected chi connectivity index (χ4v) is 3.74. The van der Waals surface area contributed by atoms with Crippen molar-refractivity contribution >= 4 is 68.9 Å². The summed E-state index contributed by atoms with van der Waals surface area (Å²) in [6.07, 6.45) is 1.78. The van der Waals surface area contributed by atoms with Gasteiger partial charge in [-0.1, -0.05) is 29.3 Å². The minimum Gasteiger partial charge on any atom is -0.441 e. The van der Waals surface area contributed by atoms with Crippen molar-refractivity contribution in [2.45, 2.75) is 6.92 Å². The normalized spacial score (nSPS) is 17.4. The first kappa shape index (κ1) is 17.1. The molecule has 2 aromatic carbocycles. The number of amidine groups is 1. The number of halogens is 2. The van der Waals surface area contributed by atoms with Crippen LogP contribution in [-0.4, -0.2) is 16.1 Å². The van der Waals surface area contributed by atoms with Gasteiger partial charge in [-0.25, -0.2) is 9.98 Å². The number of hydrogen-bond donors (Lipinski definition) is 1. The van der Waals surface area contributed by atoms with E-state index < -0.39 is 0 Å². The van der Waals surface area contributed by atoms with E-state index in [4.69, 9.17) is 27.6 Å². The van der Waals surface area contributed by atoms with Gasteiger partial charge < -0.3 is 9.73 Å². The van der Waals surface area contributed by atoms with Crippen LogP contribution in [0.15, 0.2) is 50.7 Å². The second kappa shape index (κ2) is 6.79. The second-order valence-electron chi connectivity index (χ2n) is 5.54. The van der Waals surface area contributed by atoms with E-state index >= 15 is 0 Å². The van der Waals surface area contributed by atoms with E-state index in [1.165, 1.54) is 11.8 Å². The first-order valence-corrected chi connectivity index (χ1v) is 9.17. The molecular weight excluding hydrogens is 393 g/mol. The lowest BCUT2D eigenvalue weighted by Crippen LogP contribution is -2.19. The summed E-state index contributed by atoms with van der Waals surface area (Å²) >= 11 is 13.3. The summed E-state index contributed by atoms with van der Waals surface area (Å²) in [5.74, 6) is 0.389. The van der Waals surface area contributed by atoms with Gasteiger partial charge in [0.2, 0.25) is 0 Å². The summed E-state index contributed by atoms with van der Waals surface area (Å²) in [6, 6.07) is 10.6. The Balaban J connectivity index is 1.62. The molecule has 1 N–H and O–H groups in total. The number of fused-ring (bicyclic) bond motifs is 1. The molecule has 2 heterocycles. The lowest BCUT2D eigenvalue weighted by molar-refractivity contribution is -0.115. The van der Waals surface area contributed by atoms with Gasteiger partial charge in [-0.2, -0.15) is 0 Å². The number of aliphatic imine (C=N–C) groups is 1. The van der Waals surface area contributed by atoms with Crippen LogP contribution < -0.4 is 5.32 Å². The molecule has 5 nitrogen and oxygen atoms in total. The molecule has 1 aliphatic rings. The summed E-state index contributed by atoms with van der Waals surface area (Å²) < 4.78 is 5.53. The topological polar surface area (TPSA) is 67.5 Å². The maximum Gasteiger partial charge on any atom is 0.264 e. The zero-order chi connectivity index (χ0) is 18.3. The molecule has 1 saturated heterocycles. The predicted molar refractivity (Wildman–Crippen MR) is 106 cm³/mol. The minimum absolute atomic E-state index is 0.215. The smallest absolute Gasteiger partial charge is 0.264 e. The number of carbonyl (C=O) groups is 1. The highest BCUT2D eigenvalue weighted by molar-refractivity contribution is 8.18. The Labute approximate surface area is 163 Å². The van der Waals surface area contributed by atoms with Gasteiger partial charge in [-0.15, -0.1) is 0 Å². The first-order chi connectivity index (χ1) is 12.5. The van der Waals surface area contributed by atoms with E-state index in [0.29, 0.717) is 37.3 Å². The quantitative estimate of drug-likeness (QED) is 0.586. The van der Waals surface area contributed by atoms with Crippen molar-refractivity contribution in [3.63, 3.8) is 0 Å². The van der Waals surface area contributed by atoms with Crippen LogP contribution in [0, 0.1) is 6.92 Å². The molecular formula is C18H11Cl2N3O2S. The van der Waals surface area contributed by atoms with Gasteiger partial charge in [-0.05, 0) is 53.7 Å². The molecule has 130 valence electrons. The number of aromatic nitrogens is 1. The number of nitrogens with zero attached hydrogens (tertiary/aromatic N) is 2. The monoisotopic (exact) mass is 403 g/mol. The standard InChI is InChI=1S/C18H11Cl2N3O2S/c1-9-21-14-4-2-10(6-15(14)25-9)7-16-17(24)23-18(26-16)22-13-5-3-11(19)8-12(13)20/h2-8H,1H3,(H,22,23,24). The fraction of sp³-hybridized carbons (Fsp3) is 0.0556. The molecule has 3 aromatic rings. The summed E-state index contributed by atoms with van der Waals surface area (Å²) in [7, 11) is 0. The van der Waals surface area contributed by atoms with Crippen LogP contribution in [0.2, 0.25) is 10.0 Å². The number of hydrogen-bond acceptors (Lipinski definition) is 5. The summed E-state index contributed by atoms with van der Waals surface area (Å²) in [5.41, 5.74) is 2.85. The number of oxazole rings is 1. The molecule has 1 amide bonds. The highest BCUT2D eigenvalue weighted by Crippen LogP contribution is 2.32. The first-order valence-electron chi connectivity index (χ1n) is 7.60. The molecule has 4 rings (SSSR count). The highest BCUT2D eigenvalue weighted by atomic mass is 35.5. The lowest BCUT2D eigenvalue weighted by atomic mass is 10.2. The zero-order valence-corrected chi connectivity index (χ0v) is 15.7. The molecule has 0 aliphatic carbocycles. The molecule has 0 radical (unpaired) electrons. The predicted octanol–water partition coefficient (Wildman–Crippen LogP) is 5.33. The molecule has 0 spiro atoms. The molecule has 1 aliphatic heterocycles. The minimum atomic E-state index is -0.215. The van der Waals surface area contributed by atoms with Crippen molar-refractivity contribution in [2.75, 3.05) is 0 Å². The Morgan fingerprint density at radius 2 is 2.08 bits per heavy atom. The molecule has 1 aromatic heterocycles. The maximum atomic E-state index is 12.2. The van der Waals surface area contributed by atoms with Gasteiger partial charge in [0.05, 0.1) is 15.6 Å². The van der Waals surface area contributed by atoms with Crippen LogP contribution in [0.4, 0.5) is 5.69 Å². The van der Waals surface area contributed by atoms with Crippen LogP contribution in [0.1, 0.15) is 11.5 Å². The Morgan fingerprint density at radius 1 is 1.23 bits per heavy atom. The van der Waals surface area contributed by atoms with Crippen LogP contribution in [0.5, 0.6) is 0 Å². The molecule has 8 heteroatoms. The van der Waals surface area contributed by atoms with Gasteiger partial charge >= 0.3 is 0 Å². The Bertz CT molecular complexity index is 1110. The second-order valence-corrected chi connectivity index (χ2v) is 7.41. The average Bonchev–Trinajstić information content (AvgIpc) is 3.11. The van der Waals surface area contributed by atoms with Crippen molar-refractivity contribution in [2.24, 2.45) is 4.99 Å². The van der Waals surface area contributed by atoms with Crippen molar-refractivity contribution in [3.05, 3.63) is 62.8 Å². The number of amides is 1. The van der Waals surface area contributed by atoms with Crippen molar-refractivity contribution in [1.82, 2.24) is 10.3 Å². The van der Waals surface area contributed by atoms with Crippen molar-refractivity contribution in [3.8, 4) is 0 Å². The molecule has 0 atom stereocenters. The number of aryl methyl sites for hydroxylation is 1. The highest BCUT2D eigenvalue weighted by Gasteiger charge is 2.24. The van der Waals surface area contributed by atoms with Crippen molar-refractivity contribution < 1.29 is 9.21 Å². The third kappa shape index (κ3) is 3.49. The van der Waals surface area contributed by atoms with Gasteiger partial charge in [0.15, 0.2) is 16.6 Å². The van der Waals surface area contributed by atoms with Gasteiger partial charge in [0, 0.05) is 11.9 Å². The van der Waals surface area contributed by atoms with E-state index in [2.05, 4.69) is 15.3 Å². The molecule has 26 heavy (non-hydrogen) atoms. The number of benzene rings is 2. The summed E-state index contributed by atoms with van der Waals surface area (Å²) in [6.45, 7) is 1.79. The van der Waals surface area contributed by atoms with Crippen LogP contribution >= 0.6 is 35.0 Å².